The summed E-state index contributed by atoms with van der Waals surface area (Å²) in [6.45, 7) is 1.18. The Morgan fingerprint density at radius 3 is 3.06 bits per heavy atom. The second kappa shape index (κ2) is 5.29. The Hall–Kier alpha value is -1.06. The summed E-state index contributed by atoms with van der Waals surface area (Å²) in [6.07, 6.45) is 4.54. The van der Waals surface area contributed by atoms with Crippen LogP contribution in [0.3, 0.4) is 0 Å². The second-order valence-corrected chi connectivity index (χ2v) is 5.30. The maximum Gasteiger partial charge on any atom is 0.0893 e. The second-order valence-electron chi connectivity index (χ2n) is 5.30. The molecule has 0 aliphatic carbocycles. The number of rotatable bonds is 4. The summed E-state index contributed by atoms with van der Waals surface area (Å²) >= 11 is 0. The molecule has 2 N–H and O–H groups in total. The predicted octanol–water partition coefficient (Wildman–Crippen LogP) is 2.72. The number of fused-ring (bicyclic) bond motifs is 3. The topological polar surface area (TPSA) is 41.5 Å². The molecule has 1 aromatic rings. The molecule has 1 saturated heterocycles. The number of unbranched alkanes of at least 4 members (excludes halogenated alkanes) is 1. The molecule has 0 aromatic heterocycles. The minimum atomic E-state index is 0.279. The highest BCUT2D eigenvalue weighted by atomic mass is 16.5. The summed E-state index contributed by atoms with van der Waals surface area (Å²) in [6, 6.07) is 8.98. The number of para-hydroxylation sites is 1. The number of aliphatic hydroxyl groups excluding tert-OH is 1. The highest BCUT2D eigenvalue weighted by Gasteiger charge is 2.39. The fraction of sp³-hybridized carbons (Fsp3) is 0.600. The van der Waals surface area contributed by atoms with Gasteiger partial charge in [-0.25, -0.2) is 0 Å². The van der Waals surface area contributed by atoms with Gasteiger partial charge in [-0.05, 0) is 31.7 Å². The molecule has 0 unspecified atom stereocenters. The van der Waals surface area contributed by atoms with E-state index in [0.717, 1.165) is 32.3 Å². The maximum atomic E-state index is 8.90. The van der Waals surface area contributed by atoms with E-state index in [4.69, 9.17) is 9.84 Å². The van der Waals surface area contributed by atoms with E-state index in [1.807, 2.05) is 0 Å². The van der Waals surface area contributed by atoms with E-state index in [1.165, 1.54) is 11.3 Å². The van der Waals surface area contributed by atoms with Crippen LogP contribution in [-0.4, -0.2) is 24.4 Å². The predicted molar refractivity (Wildman–Crippen MR) is 71.6 cm³/mol. The Kier molecular flexibility index (Phi) is 3.52. The van der Waals surface area contributed by atoms with Crippen LogP contribution in [0.15, 0.2) is 24.3 Å². The molecule has 2 heterocycles. The lowest BCUT2D eigenvalue weighted by Crippen LogP contribution is -2.35. The Morgan fingerprint density at radius 1 is 1.28 bits per heavy atom. The van der Waals surface area contributed by atoms with Crippen molar-refractivity contribution in [3.63, 3.8) is 0 Å². The number of benzene rings is 1. The van der Waals surface area contributed by atoms with Crippen LogP contribution in [0.5, 0.6) is 0 Å². The fourth-order valence-electron chi connectivity index (χ4n) is 3.28. The van der Waals surface area contributed by atoms with Crippen LogP contribution >= 0.6 is 0 Å². The molecule has 18 heavy (non-hydrogen) atoms. The fourth-order valence-corrected chi connectivity index (χ4v) is 3.28. The summed E-state index contributed by atoms with van der Waals surface area (Å²) < 4.78 is 5.93. The van der Waals surface area contributed by atoms with E-state index in [-0.39, 0.29) is 6.10 Å². The molecule has 3 rings (SSSR count). The zero-order valence-electron chi connectivity index (χ0n) is 10.6. The third-order valence-electron chi connectivity index (χ3n) is 4.19. The van der Waals surface area contributed by atoms with Gasteiger partial charge in [-0.1, -0.05) is 18.2 Å². The van der Waals surface area contributed by atoms with Gasteiger partial charge in [0.25, 0.3) is 0 Å². The van der Waals surface area contributed by atoms with E-state index in [0.29, 0.717) is 18.6 Å². The van der Waals surface area contributed by atoms with Crippen molar-refractivity contribution in [3.8, 4) is 0 Å². The van der Waals surface area contributed by atoms with Gasteiger partial charge in [-0.3, -0.25) is 0 Å². The molecule has 1 aromatic carbocycles. The van der Waals surface area contributed by atoms with Crippen molar-refractivity contribution in [3.05, 3.63) is 29.8 Å². The quantitative estimate of drug-likeness (QED) is 0.804. The highest BCUT2D eigenvalue weighted by Crippen LogP contribution is 2.45. The summed E-state index contributed by atoms with van der Waals surface area (Å²) in [7, 11) is 0. The number of hydrogen-bond donors (Lipinski definition) is 2. The van der Waals surface area contributed by atoms with Crippen molar-refractivity contribution in [2.45, 2.75) is 37.8 Å². The van der Waals surface area contributed by atoms with Crippen LogP contribution in [0.1, 0.15) is 37.4 Å². The first-order valence-electron chi connectivity index (χ1n) is 6.98. The standard InChI is InChI=1S/C15H21NO2/c17-9-4-3-7-14-12-8-10-18-15(12)11-5-1-2-6-13(11)16-14/h1-2,5-6,12,14-17H,3-4,7-10H2/t12-,14+,15+/m0/s1. The average molecular weight is 247 g/mol. The molecule has 0 spiro atoms. The summed E-state index contributed by atoms with van der Waals surface area (Å²) in [4.78, 5) is 0. The molecule has 3 nitrogen and oxygen atoms in total. The largest absolute Gasteiger partial charge is 0.396 e. The van der Waals surface area contributed by atoms with Crippen molar-refractivity contribution in [2.75, 3.05) is 18.5 Å². The number of ether oxygens (including phenoxy) is 1. The Morgan fingerprint density at radius 2 is 2.17 bits per heavy atom. The molecule has 0 radical (unpaired) electrons. The van der Waals surface area contributed by atoms with Crippen LogP contribution in [0.25, 0.3) is 0 Å². The Labute approximate surface area is 108 Å². The number of aliphatic hydroxyl groups is 1. The maximum absolute atomic E-state index is 8.90. The van der Waals surface area contributed by atoms with Crippen molar-refractivity contribution < 1.29 is 9.84 Å². The first-order chi connectivity index (χ1) is 8.90. The number of hydrogen-bond acceptors (Lipinski definition) is 3. The smallest absolute Gasteiger partial charge is 0.0893 e. The third kappa shape index (κ3) is 2.13. The van der Waals surface area contributed by atoms with Gasteiger partial charge in [0.05, 0.1) is 6.10 Å². The summed E-state index contributed by atoms with van der Waals surface area (Å²) in [5.41, 5.74) is 2.55. The minimum Gasteiger partial charge on any atom is -0.396 e. The molecule has 98 valence electrons. The molecule has 0 amide bonds. The molecule has 1 fully saturated rings. The highest BCUT2D eigenvalue weighted by molar-refractivity contribution is 5.55. The van der Waals surface area contributed by atoms with Crippen LogP contribution < -0.4 is 5.32 Å². The normalized spacial score (nSPS) is 29.5. The first kappa shape index (κ1) is 12.0. The van der Waals surface area contributed by atoms with Gasteiger partial charge in [0.2, 0.25) is 0 Å². The van der Waals surface area contributed by atoms with Gasteiger partial charge in [-0.15, -0.1) is 0 Å². The van der Waals surface area contributed by atoms with E-state index >= 15 is 0 Å². The molecule has 3 heteroatoms. The van der Waals surface area contributed by atoms with Crippen molar-refractivity contribution in [1.29, 1.82) is 0 Å². The van der Waals surface area contributed by atoms with Gasteiger partial charge in [0.15, 0.2) is 0 Å². The van der Waals surface area contributed by atoms with E-state index < -0.39 is 0 Å². The van der Waals surface area contributed by atoms with Gasteiger partial charge in [-0.2, -0.15) is 0 Å². The van der Waals surface area contributed by atoms with Crippen LogP contribution in [0.4, 0.5) is 5.69 Å². The summed E-state index contributed by atoms with van der Waals surface area (Å²) in [5, 5.41) is 12.6. The Balaban J connectivity index is 1.78. The Bertz CT molecular complexity index is 407. The van der Waals surface area contributed by atoms with Crippen molar-refractivity contribution in [1.82, 2.24) is 0 Å². The van der Waals surface area contributed by atoms with Crippen molar-refractivity contribution in [2.24, 2.45) is 5.92 Å². The van der Waals surface area contributed by atoms with Crippen molar-refractivity contribution >= 4 is 5.69 Å². The van der Waals surface area contributed by atoms with Crippen LogP contribution in [0, 0.1) is 5.92 Å². The summed E-state index contributed by atoms with van der Waals surface area (Å²) in [5.74, 6) is 0.596. The SMILES string of the molecule is OCCCC[C@H]1Nc2ccccc2[C@H]2OCC[C@H]21. The van der Waals surface area contributed by atoms with Crippen LogP contribution in [0.2, 0.25) is 0 Å². The molecule has 2 aliphatic heterocycles. The van der Waals surface area contributed by atoms with Gasteiger partial charge >= 0.3 is 0 Å². The third-order valence-corrected chi connectivity index (χ3v) is 4.19. The lowest BCUT2D eigenvalue weighted by Gasteiger charge is -2.36. The van der Waals surface area contributed by atoms with Gasteiger partial charge in [0, 0.05) is 36.4 Å². The zero-order valence-corrected chi connectivity index (χ0v) is 10.6. The first-order valence-corrected chi connectivity index (χ1v) is 6.98. The van der Waals surface area contributed by atoms with E-state index in [1.54, 1.807) is 0 Å². The molecule has 3 atom stereocenters. The minimum absolute atomic E-state index is 0.279. The van der Waals surface area contributed by atoms with E-state index in [9.17, 15) is 0 Å². The average Bonchev–Trinajstić information content (AvgIpc) is 2.89. The number of nitrogens with one attached hydrogen (secondary N) is 1. The molecular weight excluding hydrogens is 226 g/mol. The monoisotopic (exact) mass is 247 g/mol. The van der Waals surface area contributed by atoms with Gasteiger partial charge < -0.3 is 15.2 Å². The lowest BCUT2D eigenvalue weighted by molar-refractivity contribution is 0.0817. The lowest BCUT2D eigenvalue weighted by atomic mass is 9.82. The van der Waals surface area contributed by atoms with Gasteiger partial charge in [0.1, 0.15) is 0 Å². The van der Waals surface area contributed by atoms with Crippen LogP contribution in [-0.2, 0) is 4.74 Å². The molecule has 0 saturated carbocycles. The molecule has 0 bridgehead atoms. The van der Waals surface area contributed by atoms with E-state index in [2.05, 4.69) is 29.6 Å². The molecular formula is C15H21NO2. The molecule has 2 aliphatic rings. The zero-order chi connectivity index (χ0) is 12.4. The number of anilines is 1.